The highest BCUT2D eigenvalue weighted by Crippen LogP contribution is 2.34. The summed E-state index contributed by atoms with van der Waals surface area (Å²) < 4.78 is 33.8. The molecule has 2 rings (SSSR count). The zero-order valence-corrected chi connectivity index (χ0v) is 15.8. The number of amides is 1. The van der Waals surface area contributed by atoms with Crippen molar-refractivity contribution in [2.75, 3.05) is 33.9 Å². The van der Waals surface area contributed by atoms with Gasteiger partial charge in [-0.3, -0.25) is 9.69 Å². The first-order chi connectivity index (χ1) is 12.3. The molecule has 26 heavy (non-hydrogen) atoms. The van der Waals surface area contributed by atoms with Crippen LogP contribution in [-0.2, 0) is 10.0 Å². The Labute approximate surface area is 155 Å². The highest BCUT2D eigenvalue weighted by molar-refractivity contribution is 7.89. The van der Waals surface area contributed by atoms with Crippen molar-refractivity contribution >= 4 is 15.9 Å². The van der Waals surface area contributed by atoms with Crippen LogP contribution in [0.1, 0.15) is 24.6 Å². The van der Waals surface area contributed by atoms with E-state index in [1.807, 2.05) is 6.08 Å². The zero-order valence-electron chi connectivity index (χ0n) is 16.0. The predicted molar refractivity (Wildman–Crippen MR) is 99.2 cm³/mol. The number of nitrogens with two attached hydrogens (primary N) is 1. The molecule has 1 fully saturated rings. The molecule has 0 spiro atoms. The van der Waals surface area contributed by atoms with E-state index in [0.29, 0.717) is 6.54 Å². The highest BCUT2D eigenvalue weighted by Gasteiger charge is 2.26. The summed E-state index contributed by atoms with van der Waals surface area (Å²) in [6.07, 6.45) is 3.88. The molecule has 144 valence electrons. The fourth-order valence-electron chi connectivity index (χ4n) is 3.11. The molecule has 9 heteroatoms. The van der Waals surface area contributed by atoms with E-state index >= 15 is 0 Å². The van der Waals surface area contributed by atoms with Crippen molar-refractivity contribution in [3.63, 3.8) is 0 Å². The molecule has 1 amide bonds. The molecule has 0 bridgehead atoms. The first-order valence-corrected chi connectivity index (χ1v) is 9.78. The van der Waals surface area contributed by atoms with Crippen LogP contribution in [0.5, 0.6) is 11.5 Å². The monoisotopic (exact) mass is 384 g/mol. The number of carbonyl (C=O) groups is 1. The van der Waals surface area contributed by atoms with Gasteiger partial charge in [0.2, 0.25) is 10.0 Å². The van der Waals surface area contributed by atoms with Crippen molar-refractivity contribution in [1.29, 1.82) is 0 Å². The number of hydrogen-bond acceptors (Lipinski definition) is 6. The molecule has 0 saturated carbocycles. The number of ether oxygens (including phenoxy) is 2. The van der Waals surface area contributed by atoms with Gasteiger partial charge in [0.15, 0.2) is 11.5 Å². The molecular weight excluding hydrogens is 358 g/mol. The molecule has 1 unspecified atom stereocenters. The smallest absolute Gasteiger partial charge is 0.493 e. The number of rotatable bonds is 8. The number of likely N-dealkylation sites (tertiary alicyclic amines) is 1. The normalized spacial score (nSPS) is 17.7. The molecule has 0 aliphatic carbocycles. The van der Waals surface area contributed by atoms with Crippen LogP contribution in [0.3, 0.4) is 0 Å². The van der Waals surface area contributed by atoms with Gasteiger partial charge in [0.25, 0.3) is 5.91 Å². The van der Waals surface area contributed by atoms with Crippen LogP contribution in [0.2, 0.25) is 0 Å². The Bertz CT molecular complexity index is 785. The van der Waals surface area contributed by atoms with Crippen molar-refractivity contribution < 1.29 is 24.1 Å². The van der Waals surface area contributed by atoms with Crippen LogP contribution in [0, 0.1) is 0 Å². The van der Waals surface area contributed by atoms with E-state index in [0.717, 1.165) is 25.9 Å². The minimum atomic E-state index is -4.00. The maximum Gasteiger partial charge on any atom is 1.00 e. The summed E-state index contributed by atoms with van der Waals surface area (Å²) in [6, 6.07) is 2.64. The Morgan fingerprint density at radius 1 is 1.46 bits per heavy atom. The van der Waals surface area contributed by atoms with Gasteiger partial charge in [-0.05, 0) is 25.5 Å². The number of methoxy groups -OCH3 is 2. The number of primary sulfonamides is 1. The van der Waals surface area contributed by atoms with Gasteiger partial charge in [0.05, 0.1) is 24.7 Å². The summed E-state index contributed by atoms with van der Waals surface area (Å²) in [5, 5.41) is 8.04. The van der Waals surface area contributed by atoms with Gasteiger partial charge in [-0.25, -0.2) is 13.6 Å². The number of benzene rings is 1. The van der Waals surface area contributed by atoms with Gasteiger partial charge in [0, 0.05) is 25.2 Å². The predicted octanol–water partition coefficient (Wildman–Crippen LogP) is 0.844. The van der Waals surface area contributed by atoms with Gasteiger partial charge in [-0.15, -0.1) is 6.58 Å². The van der Waals surface area contributed by atoms with Gasteiger partial charge < -0.3 is 14.8 Å². The van der Waals surface area contributed by atoms with Gasteiger partial charge in [0.1, 0.15) is 0 Å². The molecule has 8 nitrogen and oxygen atoms in total. The van der Waals surface area contributed by atoms with E-state index in [-0.39, 0.29) is 29.4 Å². The second kappa shape index (κ2) is 8.52. The second-order valence-corrected chi connectivity index (χ2v) is 7.60. The maximum absolute atomic E-state index is 12.7. The lowest BCUT2D eigenvalue weighted by molar-refractivity contribution is 0.0938. The van der Waals surface area contributed by atoms with Crippen molar-refractivity contribution in [2.45, 2.75) is 23.8 Å². The molecule has 1 aromatic carbocycles. The van der Waals surface area contributed by atoms with Gasteiger partial charge in [-0.2, -0.15) is 0 Å². The fourth-order valence-corrected chi connectivity index (χ4v) is 3.66. The summed E-state index contributed by atoms with van der Waals surface area (Å²) in [5.41, 5.74) is 0.0594. The topological polar surface area (TPSA) is 111 Å². The molecule has 0 aromatic heterocycles. The van der Waals surface area contributed by atoms with E-state index in [1.165, 1.54) is 26.4 Å². The molecule has 0 radical (unpaired) electrons. The van der Waals surface area contributed by atoms with Crippen molar-refractivity contribution in [2.24, 2.45) is 5.14 Å². The standard InChI is InChI=1S/C17H25N3O5S/c1-4-7-20-8-5-6-12(20)11-19-17(21)14-9-13(26(18,22)23)10-15(24-2)16(14)25-3/h4,9-10,12H,1,5-8,11H2,2-3H3,(H,19,21)(H2,18,22,23)/p+1. The molecule has 3 N–H and O–H groups in total. The minimum Gasteiger partial charge on any atom is -0.493 e. The molecule has 1 heterocycles. The summed E-state index contributed by atoms with van der Waals surface area (Å²) >= 11 is 0. The van der Waals surface area contributed by atoms with E-state index in [4.69, 9.17) is 14.6 Å². The highest BCUT2D eigenvalue weighted by atomic mass is 32.2. The SMILES string of the molecule is C=CCN1CCCC1CNC(=O)c1cc(S(N)(=O)=O)cc(OC)c1OC.[H+]. The average molecular weight is 384 g/mol. The van der Waals surface area contributed by atoms with Crippen LogP contribution in [0.25, 0.3) is 0 Å². The third-order valence-electron chi connectivity index (χ3n) is 4.39. The van der Waals surface area contributed by atoms with Crippen LogP contribution >= 0.6 is 0 Å². The second-order valence-electron chi connectivity index (χ2n) is 6.04. The van der Waals surface area contributed by atoms with Gasteiger partial charge >= 0.3 is 1.43 Å². The lowest BCUT2D eigenvalue weighted by atomic mass is 10.1. The molecule has 1 aliphatic rings. The van der Waals surface area contributed by atoms with Gasteiger partial charge in [-0.1, -0.05) is 6.08 Å². The molecule has 1 atom stereocenters. The third kappa shape index (κ3) is 4.54. The van der Waals surface area contributed by atoms with Crippen molar-refractivity contribution in [1.82, 2.24) is 10.2 Å². The molecule has 1 saturated heterocycles. The first kappa shape index (κ1) is 20.2. The lowest BCUT2D eigenvalue weighted by Gasteiger charge is -2.23. The average Bonchev–Trinajstić information content (AvgIpc) is 3.05. The largest absolute Gasteiger partial charge is 1.00 e. The van der Waals surface area contributed by atoms with Crippen LogP contribution in [0.15, 0.2) is 29.7 Å². The molecular formula is C17H26N3O5S+. The quantitative estimate of drug-likeness (QED) is 0.643. The Morgan fingerprint density at radius 2 is 2.19 bits per heavy atom. The van der Waals surface area contributed by atoms with Crippen molar-refractivity contribution in [3.05, 3.63) is 30.4 Å². The Kier molecular flexibility index (Phi) is 6.63. The summed E-state index contributed by atoms with van der Waals surface area (Å²) in [4.78, 5) is 14.7. The lowest BCUT2D eigenvalue weighted by Crippen LogP contribution is -2.40. The van der Waals surface area contributed by atoms with Crippen LogP contribution < -0.4 is 19.9 Å². The molecule has 1 aliphatic heterocycles. The number of sulfonamides is 1. The van der Waals surface area contributed by atoms with E-state index in [9.17, 15) is 13.2 Å². The van der Waals surface area contributed by atoms with Crippen LogP contribution in [-0.4, -0.2) is 59.1 Å². The Balaban J connectivity index is 0.00000364. The van der Waals surface area contributed by atoms with E-state index in [1.54, 1.807) is 0 Å². The maximum atomic E-state index is 12.7. The van der Waals surface area contributed by atoms with Crippen molar-refractivity contribution in [3.8, 4) is 11.5 Å². The minimum absolute atomic E-state index is 0. The number of hydrogen-bond donors (Lipinski definition) is 2. The zero-order chi connectivity index (χ0) is 19.3. The summed E-state index contributed by atoms with van der Waals surface area (Å²) in [5.74, 6) is -0.166. The molecule has 1 aromatic rings. The number of carbonyl (C=O) groups excluding carboxylic acids is 1. The first-order valence-electron chi connectivity index (χ1n) is 8.23. The Morgan fingerprint density at radius 3 is 2.77 bits per heavy atom. The third-order valence-corrected chi connectivity index (χ3v) is 5.28. The van der Waals surface area contributed by atoms with E-state index < -0.39 is 15.9 Å². The Hall–Kier alpha value is -2.10. The summed E-state index contributed by atoms with van der Waals surface area (Å²) in [6.45, 7) is 5.92. The van der Waals surface area contributed by atoms with E-state index in [2.05, 4.69) is 16.8 Å². The fraction of sp³-hybridized carbons (Fsp3) is 0.471. The number of nitrogens with zero attached hydrogens (tertiary/aromatic N) is 1. The van der Waals surface area contributed by atoms with Crippen LogP contribution in [0.4, 0.5) is 0 Å². The number of nitrogens with one attached hydrogen (secondary N) is 1. The summed E-state index contributed by atoms with van der Waals surface area (Å²) in [7, 11) is -1.26.